The Bertz CT molecular complexity index is 813. The average molecular weight is 402 g/mol. The Morgan fingerprint density at radius 3 is 2.24 bits per heavy atom. The van der Waals surface area contributed by atoms with E-state index in [1.807, 2.05) is 11.8 Å². The van der Waals surface area contributed by atoms with Crippen LogP contribution in [0.3, 0.4) is 0 Å². The minimum atomic E-state index is -0.491. The number of aliphatic hydroxyl groups is 1. The molecule has 0 saturated carbocycles. The second-order valence-corrected chi connectivity index (χ2v) is 7.20. The van der Waals surface area contributed by atoms with Gasteiger partial charge in [0.2, 0.25) is 0 Å². The number of carbonyl (C=O) groups excluding carboxylic acids is 2. The van der Waals surface area contributed by atoms with Crippen LogP contribution in [-0.2, 0) is 9.59 Å². The van der Waals surface area contributed by atoms with Gasteiger partial charge in [-0.1, -0.05) is 13.3 Å². The highest BCUT2D eigenvalue weighted by Gasteiger charge is 2.41. The molecule has 0 radical (unpaired) electrons. The van der Waals surface area contributed by atoms with Gasteiger partial charge in [-0.15, -0.1) is 0 Å². The summed E-state index contributed by atoms with van der Waals surface area (Å²) < 4.78 is 0. The maximum Gasteiger partial charge on any atom is 0.277 e. The number of piperazine rings is 1. The zero-order chi connectivity index (χ0) is 21.0. The molecule has 3 rings (SSSR count). The summed E-state index contributed by atoms with van der Waals surface area (Å²) >= 11 is 0. The Morgan fingerprint density at radius 1 is 1.03 bits per heavy atom. The van der Waals surface area contributed by atoms with E-state index in [1.54, 1.807) is 0 Å². The third kappa shape index (κ3) is 4.30. The molecular weight excluding hydrogens is 376 g/mol. The van der Waals surface area contributed by atoms with E-state index in [2.05, 4.69) is 4.90 Å². The van der Waals surface area contributed by atoms with Gasteiger partial charge in [-0.2, -0.15) is 0 Å². The molecule has 29 heavy (non-hydrogen) atoms. The van der Waals surface area contributed by atoms with Gasteiger partial charge < -0.3 is 10.0 Å². The standard InChI is InChI=1S/C20H26N4O5/c1-2-3-8-23-19(26)17(15-4-6-16(7-5-15)24(28)29)18(20(23)27)22-11-9-21(10-12-22)13-14-25/h4-7,25H,2-3,8-14H2,1H3. The van der Waals surface area contributed by atoms with Gasteiger partial charge in [-0.05, 0) is 24.1 Å². The van der Waals surface area contributed by atoms with Gasteiger partial charge in [-0.25, -0.2) is 0 Å². The second kappa shape index (κ2) is 9.15. The molecule has 2 aliphatic heterocycles. The summed E-state index contributed by atoms with van der Waals surface area (Å²) in [5.74, 6) is -0.641. The molecule has 2 aliphatic rings. The Balaban J connectivity index is 1.94. The van der Waals surface area contributed by atoms with E-state index in [4.69, 9.17) is 5.11 Å². The SMILES string of the molecule is CCCCN1C(=O)C(c2ccc([N+](=O)[O-])cc2)=C(N2CCN(CCO)CC2)C1=O. The molecule has 9 nitrogen and oxygen atoms in total. The van der Waals surface area contributed by atoms with Crippen molar-refractivity contribution in [1.29, 1.82) is 0 Å². The summed E-state index contributed by atoms with van der Waals surface area (Å²) in [6, 6.07) is 5.77. The van der Waals surface area contributed by atoms with E-state index >= 15 is 0 Å². The summed E-state index contributed by atoms with van der Waals surface area (Å²) in [4.78, 5) is 42.0. The molecule has 1 saturated heterocycles. The molecule has 0 aromatic heterocycles. The first kappa shape index (κ1) is 20.9. The number of nitrogens with zero attached hydrogens (tertiary/aromatic N) is 4. The third-order valence-corrected chi connectivity index (χ3v) is 5.35. The van der Waals surface area contributed by atoms with Crippen molar-refractivity contribution in [3.63, 3.8) is 0 Å². The van der Waals surface area contributed by atoms with Gasteiger partial charge in [0.15, 0.2) is 0 Å². The number of β-amino-alcohol motifs (C(OH)–C–C–N with tert-alkyl or cyclic N) is 1. The average Bonchev–Trinajstić information content (AvgIpc) is 2.97. The van der Waals surface area contributed by atoms with Crippen molar-refractivity contribution in [3.8, 4) is 0 Å². The first-order valence-electron chi connectivity index (χ1n) is 9.91. The summed E-state index contributed by atoms with van der Waals surface area (Å²) in [5.41, 5.74) is 1.15. The highest BCUT2D eigenvalue weighted by molar-refractivity contribution is 6.35. The van der Waals surface area contributed by atoms with Gasteiger partial charge in [0, 0.05) is 51.4 Å². The molecule has 156 valence electrons. The Labute approximate surface area is 169 Å². The fourth-order valence-electron chi connectivity index (χ4n) is 3.72. The molecule has 0 aliphatic carbocycles. The molecule has 9 heteroatoms. The van der Waals surface area contributed by atoms with E-state index < -0.39 is 4.92 Å². The van der Waals surface area contributed by atoms with Gasteiger partial charge in [0.1, 0.15) is 5.70 Å². The number of non-ortho nitro benzene ring substituents is 1. The summed E-state index contributed by atoms with van der Waals surface area (Å²) in [6.07, 6.45) is 1.58. The molecule has 1 aromatic carbocycles. The van der Waals surface area contributed by atoms with Crippen LogP contribution in [0.2, 0.25) is 0 Å². The molecule has 0 atom stereocenters. The smallest absolute Gasteiger partial charge is 0.277 e. The normalized spacial score (nSPS) is 18.1. The largest absolute Gasteiger partial charge is 0.395 e. The molecule has 1 fully saturated rings. The van der Waals surface area contributed by atoms with Crippen molar-refractivity contribution < 1.29 is 19.6 Å². The highest BCUT2D eigenvalue weighted by Crippen LogP contribution is 2.33. The van der Waals surface area contributed by atoms with Crippen LogP contribution in [0.4, 0.5) is 5.69 Å². The number of hydrogen-bond acceptors (Lipinski definition) is 7. The van der Waals surface area contributed by atoms with Crippen LogP contribution in [0.1, 0.15) is 25.3 Å². The minimum absolute atomic E-state index is 0.0619. The van der Waals surface area contributed by atoms with Crippen LogP contribution in [0.15, 0.2) is 30.0 Å². The number of nitro benzene ring substituents is 1. The zero-order valence-electron chi connectivity index (χ0n) is 16.5. The Morgan fingerprint density at radius 2 is 1.69 bits per heavy atom. The van der Waals surface area contributed by atoms with Crippen molar-refractivity contribution in [2.45, 2.75) is 19.8 Å². The Hall–Kier alpha value is -2.78. The van der Waals surface area contributed by atoms with Crippen LogP contribution >= 0.6 is 0 Å². The Kier molecular flexibility index (Phi) is 6.60. The third-order valence-electron chi connectivity index (χ3n) is 5.35. The fraction of sp³-hybridized carbons (Fsp3) is 0.500. The summed E-state index contributed by atoms with van der Waals surface area (Å²) in [6.45, 7) is 5.55. The van der Waals surface area contributed by atoms with E-state index in [1.165, 1.54) is 29.2 Å². The lowest BCUT2D eigenvalue weighted by atomic mass is 10.0. The molecule has 2 heterocycles. The monoisotopic (exact) mass is 402 g/mol. The highest BCUT2D eigenvalue weighted by atomic mass is 16.6. The number of imide groups is 1. The van der Waals surface area contributed by atoms with Gasteiger partial charge in [0.05, 0.1) is 17.1 Å². The molecule has 0 unspecified atom stereocenters. The zero-order valence-corrected chi connectivity index (χ0v) is 16.5. The number of amides is 2. The van der Waals surface area contributed by atoms with Crippen molar-refractivity contribution in [3.05, 3.63) is 45.6 Å². The van der Waals surface area contributed by atoms with Crippen LogP contribution in [0.25, 0.3) is 5.57 Å². The van der Waals surface area contributed by atoms with Crippen molar-refractivity contribution in [1.82, 2.24) is 14.7 Å². The van der Waals surface area contributed by atoms with E-state index in [9.17, 15) is 19.7 Å². The number of rotatable bonds is 8. The van der Waals surface area contributed by atoms with Gasteiger partial charge >= 0.3 is 0 Å². The molecule has 2 amide bonds. The van der Waals surface area contributed by atoms with E-state index in [0.717, 1.165) is 12.8 Å². The first-order valence-corrected chi connectivity index (χ1v) is 9.91. The molecule has 0 spiro atoms. The number of unbranched alkanes of at least 4 members (excludes halogenated alkanes) is 1. The number of aliphatic hydroxyl groups excluding tert-OH is 1. The summed E-state index contributed by atoms with van der Waals surface area (Å²) in [7, 11) is 0. The fourth-order valence-corrected chi connectivity index (χ4v) is 3.72. The lowest BCUT2D eigenvalue weighted by Crippen LogP contribution is -2.48. The molecule has 1 N–H and O–H groups in total. The lowest BCUT2D eigenvalue weighted by molar-refractivity contribution is -0.384. The van der Waals surface area contributed by atoms with Gasteiger partial charge in [-0.3, -0.25) is 29.5 Å². The van der Waals surface area contributed by atoms with Gasteiger partial charge in [0.25, 0.3) is 17.5 Å². The lowest BCUT2D eigenvalue weighted by Gasteiger charge is -2.36. The number of benzene rings is 1. The van der Waals surface area contributed by atoms with Crippen molar-refractivity contribution in [2.24, 2.45) is 0 Å². The predicted octanol–water partition coefficient (Wildman–Crippen LogP) is 1.08. The maximum absolute atomic E-state index is 13.1. The maximum atomic E-state index is 13.1. The van der Waals surface area contributed by atoms with Crippen molar-refractivity contribution in [2.75, 3.05) is 45.9 Å². The number of carbonyl (C=O) groups is 2. The van der Waals surface area contributed by atoms with Crippen LogP contribution < -0.4 is 0 Å². The predicted molar refractivity (Wildman–Crippen MR) is 107 cm³/mol. The van der Waals surface area contributed by atoms with E-state index in [-0.39, 0.29) is 24.1 Å². The summed E-state index contributed by atoms with van der Waals surface area (Å²) in [5, 5.41) is 20.1. The van der Waals surface area contributed by atoms with Crippen LogP contribution in [0, 0.1) is 10.1 Å². The molecular formula is C20H26N4O5. The second-order valence-electron chi connectivity index (χ2n) is 7.20. The minimum Gasteiger partial charge on any atom is -0.395 e. The number of nitro groups is 1. The van der Waals surface area contributed by atoms with Crippen LogP contribution in [-0.4, -0.2) is 82.4 Å². The molecule has 1 aromatic rings. The quantitative estimate of drug-likeness (QED) is 0.394. The molecule has 0 bridgehead atoms. The first-order chi connectivity index (χ1) is 14.0. The van der Waals surface area contributed by atoms with Crippen molar-refractivity contribution >= 4 is 23.1 Å². The number of hydrogen-bond donors (Lipinski definition) is 1. The van der Waals surface area contributed by atoms with Crippen LogP contribution in [0.5, 0.6) is 0 Å². The van der Waals surface area contributed by atoms with E-state index in [0.29, 0.717) is 56.1 Å². The topological polar surface area (TPSA) is 107 Å².